The molecule has 5 nitrogen and oxygen atoms in total. The van der Waals surface area contributed by atoms with Crippen molar-refractivity contribution in [2.45, 2.75) is 19.4 Å². The fourth-order valence-electron chi connectivity index (χ4n) is 2.52. The van der Waals surface area contributed by atoms with E-state index in [1.165, 1.54) is 0 Å². The summed E-state index contributed by atoms with van der Waals surface area (Å²) in [5.74, 6) is 0.508. The Morgan fingerprint density at radius 1 is 1.25 bits per heavy atom. The number of carbonyl (C=O) groups excluding carboxylic acids is 1. The summed E-state index contributed by atoms with van der Waals surface area (Å²) in [5, 5.41) is 13.6. The molecule has 5 heteroatoms. The van der Waals surface area contributed by atoms with Gasteiger partial charge < -0.3 is 15.0 Å². The summed E-state index contributed by atoms with van der Waals surface area (Å²) in [6.45, 7) is 1.93. The topological polar surface area (TPSA) is 65.4 Å². The number of nitrogens with zero attached hydrogens (tertiary/aromatic N) is 2. The molecule has 2 rings (SSSR count). The Balaban J connectivity index is 2.17. The Labute approximate surface area is 142 Å². The fraction of sp³-hybridized carbons (Fsp3) is 0.368. The van der Waals surface area contributed by atoms with Gasteiger partial charge in [0.2, 0.25) is 5.91 Å². The highest BCUT2D eigenvalue weighted by atomic mass is 16.5. The minimum atomic E-state index is -0.274. The van der Waals surface area contributed by atoms with Crippen LogP contribution in [0.15, 0.2) is 36.4 Å². The number of benzene rings is 2. The smallest absolute Gasteiger partial charge is 0.234 e. The van der Waals surface area contributed by atoms with E-state index in [1.807, 2.05) is 56.6 Å². The first-order valence-electron chi connectivity index (χ1n) is 8.03. The number of amides is 1. The molecule has 0 aliphatic rings. The van der Waals surface area contributed by atoms with Crippen molar-refractivity contribution >= 4 is 16.7 Å². The summed E-state index contributed by atoms with van der Waals surface area (Å²) >= 11 is 0. The van der Waals surface area contributed by atoms with Crippen LogP contribution in [0.25, 0.3) is 10.8 Å². The summed E-state index contributed by atoms with van der Waals surface area (Å²) in [6, 6.07) is 13.8. The zero-order valence-corrected chi connectivity index (χ0v) is 14.2. The average Bonchev–Trinajstić information content (AvgIpc) is 2.57. The van der Waals surface area contributed by atoms with Crippen molar-refractivity contribution < 1.29 is 9.53 Å². The molecule has 2 aromatic carbocycles. The van der Waals surface area contributed by atoms with Crippen LogP contribution >= 0.6 is 0 Å². The number of hydrogen-bond donors (Lipinski definition) is 1. The third-order valence-electron chi connectivity index (χ3n) is 3.71. The van der Waals surface area contributed by atoms with Crippen LogP contribution in [0.5, 0.6) is 5.75 Å². The van der Waals surface area contributed by atoms with Crippen LogP contribution in [0.2, 0.25) is 0 Å². The maximum absolute atomic E-state index is 11.6. The zero-order valence-electron chi connectivity index (χ0n) is 14.2. The molecule has 0 atom stereocenters. The second kappa shape index (κ2) is 8.90. The average molecular weight is 325 g/mol. The van der Waals surface area contributed by atoms with E-state index >= 15 is 0 Å². The van der Waals surface area contributed by atoms with Crippen LogP contribution in [0.3, 0.4) is 0 Å². The molecule has 0 spiro atoms. The number of ether oxygens (including phenoxy) is 1. The lowest BCUT2D eigenvalue weighted by Crippen LogP contribution is -2.22. The molecule has 2 aromatic rings. The third-order valence-corrected chi connectivity index (χ3v) is 3.71. The minimum Gasteiger partial charge on any atom is -0.493 e. The van der Waals surface area contributed by atoms with Gasteiger partial charge in [0, 0.05) is 18.7 Å². The first-order valence-corrected chi connectivity index (χ1v) is 8.03. The van der Waals surface area contributed by atoms with Gasteiger partial charge in [0.05, 0.1) is 12.7 Å². The Morgan fingerprint density at radius 2 is 2.04 bits per heavy atom. The van der Waals surface area contributed by atoms with Crippen molar-refractivity contribution in [3.8, 4) is 11.8 Å². The van der Waals surface area contributed by atoms with E-state index in [9.17, 15) is 4.79 Å². The fourth-order valence-corrected chi connectivity index (χ4v) is 2.52. The van der Waals surface area contributed by atoms with Gasteiger partial charge in [-0.05, 0) is 37.4 Å². The molecule has 0 aliphatic heterocycles. The van der Waals surface area contributed by atoms with Gasteiger partial charge in [0.1, 0.15) is 12.2 Å². The van der Waals surface area contributed by atoms with Crippen molar-refractivity contribution in [1.82, 2.24) is 10.2 Å². The van der Waals surface area contributed by atoms with E-state index in [-0.39, 0.29) is 12.3 Å². The normalized spacial score (nSPS) is 10.6. The number of fused-ring (bicyclic) bond motifs is 1. The van der Waals surface area contributed by atoms with Gasteiger partial charge in [0.25, 0.3) is 0 Å². The van der Waals surface area contributed by atoms with E-state index < -0.39 is 0 Å². The highest BCUT2D eigenvalue weighted by Crippen LogP contribution is 2.28. The quantitative estimate of drug-likeness (QED) is 0.758. The highest BCUT2D eigenvalue weighted by molar-refractivity contribution is 5.88. The molecule has 24 heavy (non-hydrogen) atoms. The lowest BCUT2D eigenvalue weighted by atomic mass is 10.0. The van der Waals surface area contributed by atoms with E-state index in [0.29, 0.717) is 13.2 Å². The second-order valence-electron chi connectivity index (χ2n) is 5.88. The largest absolute Gasteiger partial charge is 0.493 e. The van der Waals surface area contributed by atoms with Crippen molar-refractivity contribution in [3.05, 3.63) is 42.0 Å². The predicted molar refractivity (Wildman–Crippen MR) is 94.7 cm³/mol. The summed E-state index contributed by atoms with van der Waals surface area (Å²) in [5.41, 5.74) is 0.948. The maximum atomic E-state index is 11.6. The Morgan fingerprint density at radius 3 is 2.79 bits per heavy atom. The van der Waals surface area contributed by atoms with Crippen molar-refractivity contribution in [1.29, 1.82) is 5.26 Å². The number of hydrogen-bond acceptors (Lipinski definition) is 4. The minimum absolute atomic E-state index is 0.135. The molecular formula is C19H23N3O2. The van der Waals surface area contributed by atoms with Crippen molar-refractivity contribution in [2.24, 2.45) is 0 Å². The lowest BCUT2D eigenvalue weighted by molar-refractivity contribution is -0.120. The molecule has 1 amide bonds. The number of carbonyl (C=O) groups is 1. The van der Waals surface area contributed by atoms with Gasteiger partial charge >= 0.3 is 0 Å². The van der Waals surface area contributed by atoms with Crippen LogP contribution in [0.1, 0.15) is 18.4 Å². The van der Waals surface area contributed by atoms with Gasteiger partial charge in [-0.15, -0.1) is 0 Å². The van der Waals surface area contributed by atoms with E-state index in [4.69, 9.17) is 10.00 Å². The lowest BCUT2D eigenvalue weighted by Gasteiger charge is -2.16. The van der Waals surface area contributed by atoms with Gasteiger partial charge in [-0.25, -0.2) is 0 Å². The van der Waals surface area contributed by atoms with Gasteiger partial charge in [-0.2, -0.15) is 5.26 Å². The Kier molecular flexibility index (Phi) is 6.59. The molecule has 0 radical (unpaired) electrons. The molecule has 0 aliphatic carbocycles. The summed E-state index contributed by atoms with van der Waals surface area (Å²) < 4.78 is 5.94. The monoisotopic (exact) mass is 325 g/mol. The molecule has 1 N–H and O–H groups in total. The van der Waals surface area contributed by atoms with E-state index in [0.717, 1.165) is 35.1 Å². The first kappa shape index (κ1) is 17.8. The number of rotatable bonds is 8. The van der Waals surface area contributed by atoms with Crippen LogP contribution in [0.4, 0.5) is 0 Å². The van der Waals surface area contributed by atoms with Gasteiger partial charge in [-0.1, -0.05) is 30.3 Å². The van der Waals surface area contributed by atoms with E-state index in [2.05, 4.69) is 10.2 Å². The molecule has 0 heterocycles. The number of nitrogens with one attached hydrogen (secondary N) is 1. The molecule has 0 bridgehead atoms. The van der Waals surface area contributed by atoms with Crippen molar-refractivity contribution in [3.63, 3.8) is 0 Å². The first-order chi connectivity index (χ1) is 11.6. The van der Waals surface area contributed by atoms with Crippen LogP contribution in [-0.2, 0) is 11.3 Å². The highest BCUT2D eigenvalue weighted by Gasteiger charge is 2.10. The van der Waals surface area contributed by atoms with Crippen LogP contribution in [0, 0.1) is 11.3 Å². The summed E-state index contributed by atoms with van der Waals surface area (Å²) in [6.07, 6.45) is 0.795. The number of nitriles is 1. The van der Waals surface area contributed by atoms with Crippen LogP contribution < -0.4 is 10.1 Å². The zero-order chi connectivity index (χ0) is 17.4. The van der Waals surface area contributed by atoms with Gasteiger partial charge in [-0.3, -0.25) is 4.79 Å². The van der Waals surface area contributed by atoms with Gasteiger partial charge in [0.15, 0.2) is 0 Å². The molecule has 0 aromatic heterocycles. The molecule has 0 saturated heterocycles. The van der Waals surface area contributed by atoms with E-state index in [1.54, 1.807) is 0 Å². The van der Waals surface area contributed by atoms with Crippen molar-refractivity contribution in [2.75, 3.05) is 27.2 Å². The Bertz CT molecular complexity index is 735. The molecule has 0 fully saturated rings. The molecular weight excluding hydrogens is 302 g/mol. The third kappa shape index (κ3) is 4.97. The predicted octanol–water partition coefficient (Wildman–Crippen LogP) is 2.70. The summed E-state index contributed by atoms with van der Waals surface area (Å²) in [7, 11) is 4.07. The molecule has 0 saturated carbocycles. The standard InChI is InChI=1S/C19H23N3O2/c1-22(2)12-5-13-24-18-9-8-15-6-3-4-7-16(15)17(18)14-21-19(23)10-11-20/h3-4,6-9H,5,10,12-14H2,1-2H3,(H,21,23). The second-order valence-corrected chi connectivity index (χ2v) is 5.88. The molecule has 126 valence electrons. The molecule has 0 unspecified atom stereocenters. The maximum Gasteiger partial charge on any atom is 0.234 e. The summed E-state index contributed by atoms with van der Waals surface area (Å²) in [4.78, 5) is 13.7. The Hall–Kier alpha value is -2.58. The van der Waals surface area contributed by atoms with Crippen LogP contribution in [-0.4, -0.2) is 38.1 Å². The SMILES string of the molecule is CN(C)CCCOc1ccc2ccccc2c1CNC(=O)CC#N.